The van der Waals surface area contributed by atoms with Gasteiger partial charge < -0.3 is 38.5 Å². The third-order valence-corrected chi connectivity index (χ3v) is 11.8. The Morgan fingerprint density at radius 1 is 0.703 bits per heavy atom. The largest absolute Gasteiger partial charge is 0.460 e. The molecule has 5 aromatic rings. The Labute approximate surface area is 374 Å². The van der Waals surface area contributed by atoms with E-state index in [0.717, 1.165) is 38.9 Å². The van der Waals surface area contributed by atoms with E-state index < -0.39 is 54.9 Å². The van der Waals surface area contributed by atoms with Crippen LogP contribution < -0.4 is 5.32 Å². The average molecular weight is 867 g/mol. The molecule has 0 bridgehead atoms. The van der Waals surface area contributed by atoms with Gasteiger partial charge in [0, 0.05) is 19.3 Å². The number of carbonyl (C=O) groups excluding carboxylic acids is 3. The van der Waals surface area contributed by atoms with Crippen LogP contribution in [0.5, 0.6) is 0 Å². The van der Waals surface area contributed by atoms with Crippen LogP contribution in [0.1, 0.15) is 47.1 Å². The monoisotopic (exact) mass is 866 g/mol. The number of benzene rings is 5. The second-order valence-electron chi connectivity index (χ2n) is 16.2. The number of rotatable bonds is 18. The maximum atomic E-state index is 14.1. The van der Waals surface area contributed by atoms with Gasteiger partial charge in [-0.15, -0.1) is 0 Å². The average Bonchev–Trinajstić information content (AvgIpc) is 3.90. The second-order valence-corrected chi connectivity index (χ2v) is 16.2. The number of esters is 1. The Morgan fingerprint density at radius 3 is 1.83 bits per heavy atom. The molecule has 332 valence electrons. The highest BCUT2D eigenvalue weighted by molar-refractivity contribution is 5.83. The highest BCUT2D eigenvalue weighted by Gasteiger charge is 2.51. The molecule has 8 rings (SSSR count). The summed E-state index contributed by atoms with van der Waals surface area (Å²) >= 11 is 0. The van der Waals surface area contributed by atoms with E-state index in [0.29, 0.717) is 6.61 Å². The molecule has 12 nitrogen and oxygen atoms in total. The lowest BCUT2D eigenvalue weighted by Gasteiger charge is -2.46. The fraction of sp³-hybridized carbons (Fsp3) is 0.327. The van der Waals surface area contributed by atoms with E-state index >= 15 is 0 Å². The quantitative estimate of drug-likeness (QED) is 0.0690. The Kier molecular flexibility index (Phi) is 14.9. The molecular weight excluding hydrogens is 813 g/mol. The van der Waals surface area contributed by atoms with Crippen molar-refractivity contribution in [3.05, 3.63) is 180 Å². The molecule has 0 spiro atoms. The summed E-state index contributed by atoms with van der Waals surface area (Å²) in [4.78, 5) is 42.2. The van der Waals surface area contributed by atoms with Crippen molar-refractivity contribution in [2.45, 2.75) is 81.9 Å². The van der Waals surface area contributed by atoms with E-state index in [1.165, 1.54) is 17.9 Å². The van der Waals surface area contributed by atoms with Crippen LogP contribution >= 0.6 is 0 Å². The van der Waals surface area contributed by atoms with Gasteiger partial charge in [0.2, 0.25) is 5.91 Å². The summed E-state index contributed by atoms with van der Waals surface area (Å²) < 4.78 is 44.8. The number of carbonyl (C=O) groups is 3. The number of nitrogens with zero attached hydrogens (tertiary/aromatic N) is 1. The molecule has 2 saturated heterocycles. The number of likely N-dealkylation sites (tertiary alicyclic amines) is 1. The minimum Gasteiger partial charge on any atom is -0.460 e. The van der Waals surface area contributed by atoms with Gasteiger partial charge in [-0.05, 0) is 38.9 Å². The highest BCUT2D eigenvalue weighted by Crippen LogP contribution is 2.44. The Balaban J connectivity index is 1.05. The third kappa shape index (κ3) is 10.8. The van der Waals surface area contributed by atoms with Gasteiger partial charge in [0.15, 0.2) is 6.29 Å². The Hall–Kier alpha value is -6.15. The van der Waals surface area contributed by atoms with Crippen molar-refractivity contribution in [3.63, 3.8) is 0 Å². The maximum Gasteiger partial charge on any atom is 0.410 e. The van der Waals surface area contributed by atoms with E-state index in [9.17, 15) is 14.4 Å². The zero-order valence-corrected chi connectivity index (χ0v) is 35.9. The summed E-state index contributed by atoms with van der Waals surface area (Å²) in [6.07, 6.45) is -3.28. The Morgan fingerprint density at radius 2 is 1.25 bits per heavy atom. The summed E-state index contributed by atoms with van der Waals surface area (Å²) in [5.41, 5.74) is 7.17. The Bertz CT molecular complexity index is 2280. The van der Waals surface area contributed by atoms with Crippen LogP contribution in [0.4, 0.5) is 4.79 Å². The van der Waals surface area contributed by atoms with Crippen LogP contribution in [-0.2, 0) is 62.6 Å². The lowest BCUT2D eigenvalue weighted by molar-refractivity contribution is -0.298. The summed E-state index contributed by atoms with van der Waals surface area (Å²) in [5, 5.41) is 3.04. The molecule has 1 N–H and O–H groups in total. The molecule has 64 heavy (non-hydrogen) atoms. The highest BCUT2D eigenvalue weighted by atomic mass is 16.7. The first-order valence-corrected chi connectivity index (χ1v) is 21.8. The van der Waals surface area contributed by atoms with Crippen molar-refractivity contribution in [2.24, 2.45) is 0 Å². The van der Waals surface area contributed by atoms with Gasteiger partial charge in [0.1, 0.15) is 43.6 Å². The van der Waals surface area contributed by atoms with Crippen molar-refractivity contribution >= 4 is 18.0 Å². The molecule has 0 aromatic heterocycles. The first-order chi connectivity index (χ1) is 31.4. The molecular formula is C52H54N2O10. The van der Waals surface area contributed by atoms with Crippen molar-refractivity contribution in [2.75, 3.05) is 26.4 Å². The SMILES string of the molecule is C=CCOC(=O)[C@@H]1C[C@@H](O[C@@H]2O[C@H](COCc3ccccc3)[C@@H](OCc3ccccc3)[C@H](OCc3ccccc3)[C@H]2NC(C)=O)CN1C(=O)OCC1c2ccccc2-c2ccccc21. The van der Waals surface area contributed by atoms with Gasteiger partial charge in [-0.2, -0.15) is 0 Å². The van der Waals surface area contributed by atoms with E-state index in [-0.39, 0.29) is 57.8 Å². The van der Waals surface area contributed by atoms with Crippen molar-refractivity contribution in [3.8, 4) is 11.1 Å². The summed E-state index contributed by atoms with van der Waals surface area (Å²) in [7, 11) is 0. The zero-order chi connectivity index (χ0) is 44.3. The summed E-state index contributed by atoms with van der Waals surface area (Å²) in [5.74, 6) is -1.14. The minimum absolute atomic E-state index is 0.0180. The fourth-order valence-corrected chi connectivity index (χ4v) is 8.77. The molecule has 0 radical (unpaired) electrons. The van der Waals surface area contributed by atoms with Gasteiger partial charge in [-0.25, -0.2) is 9.59 Å². The smallest absolute Gasteiger partial charge is 0.410 e. The van der Waals surface area contributed by atoms with Gasteiger partial charge in [0.25, 0.3) is 0 Å². The molecule has 2 fully saturated rings. The number of hydrogen-bond donors (Lipinski definition) is 1. The van der Waals surface area contributed by atoms with Crippen LogP contribution in [0.15, 0.2) is 152 Å². The standard InChI is InChI=1S/C52H54N2O10/c1-3-27-59-50(56)45-28-39(29-54(45)52(57)62-33-44-42-25-15-13-23-40(42)41-24-14-16-26-43(41)44)63-51-47(53-35(2)55)49(61-32-38-21-11-6-12-22-38)48(60-31-37-19-9-5-10-20-37)46(64-51)34-58-30-36-17-7-4-8-18-36/h3-26,39,44-49,51H,1,27-34H2,2H3,(H,53,55)/t39-,45+,46-,47-,48-,49-,51-/m1/s1. The summed E-state index contributed by atoms with van der Waals surface area (Å²) in [6, 6.07) is 43.6. The van der Waals surface area contributed by atoms with E-state index in [2.05, 4.69) is 24.0 Å². The van der Waals surface area contributed by atoms with E-state index in [1.807, 2.05) is 127 Å². The predicted octanol–water partition coefficient (Wildman–Crippen LogP) is 7.74. The number of amides is 2. The van der Waals surface area contributed by atoms with E-state index in [1.54, 1.807) is 0 Å². The number of ether oxygens (including phenoxy) is 7. The number of nitrogens with one attached hydrogen (secondary N) is 1. The van der Waals surface area contributed by atoms with Crippen LogP contribution in [-0.4, -0.2) is 92.0 Å². The maximum absolute atomic E-state index is 14.1. The lowest BCUT2D eigenvalue weighted by atomic mass is 9.95. The second kappa shape index (κ2) is 21.5. The molecule has 1 aliphatic carbocycles. The number of fused-ring (bicyclic) bond motifs is 3. The molecule has 0 saturated carbocycles. The van der Waals surface area contributed by atoms with Gasteiger partial charge in [-0.3, -0.25) is 9.69 Å². The topological polar surface area (TPSA) is 131 Å². The zero-order valence-electron chi connectivity index (χ0n) is 35.9. The van der Waals surface area contributed by atoms with Crippen LogP contribution in [0.25, 0.3) is 11.1 Å². The van der Waals surface area contributed by atoms with Crippen LogP contribution in [0, 0.1) is 0 Å². The molecule has 2 heterocycles. The van der Waals surface area contributed by atoms with Crippen molar-refractivity contribution in [1.82, 2.24) is 10.2 Å². The number of hydrogen-bond acceptors (Lipinski definition) is 10. The lowest BCUT2D eigenvalue weighted by Crippen LogP contribution is -2.66. The molecule has 2 amide bonds. The van der Waals surface area contributed by atoms with E-state index in [4.69, 9.17) is 33.2 Å². The predicted molar refractivity (Wildman–Crippen MR) is 239 cm³/mol. The van der Waals surface area contributed by atoms with Gasteiger partial charge >= 0.3 is 12.1 Å². The van der Waals surface area contributed by atoms with Crippen LogP contribution in [0.3, 0.4) is 0 Å². The molecule has 2 aliphatic heterocycles. The molecule has 7 atom stereocenters. The van der Waals surface area contributed by atoms with Gasteiger partial charge in [-0.1, -0.05) is 152 Å². The molecule has 5 aromatic carbocycles. The molecule has 3 aliphatic rings. The van der Waals surface area contributed by atoms with Crippen molar-refractivity contribution < 1.29 is 47.5 Å². The first-order valence-electron chi connectivity index (χ1n) is 21.8. The first kappa shape index (κ1) is 44.5. The van der Waals surface area contributed by atoms with Crippen molar-refractivity contribution in [1.29, 1.82) is 0 Å². The minimum atomic E-state index is -1.12. The molecule has 12 heteroatoms. The van der Waals surface area contributed by atoms with Crippen LogP contribution in [0.2, 0.25) is 0 Å². The normalized spacial score (nSPS) is 22.6. The third-order valence-electron chi connectivity index (χ3n) is 11.8. The molecule has 0 unspecified atom stereocenters. The summed E-state index contributed by atoms with van der Waals surface area (Å²) in [6.45, 7) is 5.96. The van der Waals surface area contributed by atoms with Gasteiger partial charge in [0.05, 0.1) is 39.1 Å². The fourth-order valence-electron chi connectivity index (χ4n) is 8.77.